The molecule has 0 aromatic heterocycles. The van der Waals surface area contributed by atoms with Gasteiger partial charge in [0.25, 0.3) is 0 Å². The van der Waals surface area contributed by atoms with E-state index in [0.717, 1.165) is 6.54 Å². The van der Waals surface area contributed by atoms with Crippen molar-refractivity contribution >= 4 is 11.9 Å². The molecule has 2 atom stereocenters. The van der Waals surface area contributed by atoms with E-state index in [4.69, 9.17) is 0 Å². The normalized spacial score (nSPS) is 25.1. The Balaban J connectivity index is 1.91. The molecular formula is C16H19NO. The molecule has 1 aromatic carbocycles. The van der Waals surface area contributed by atoms with Gasteiger partial charge in [-0.2, -0.15) is 0 Å². The van der Waals surface area contributed by atoms with E-state index in [-0.39, 0.29) is 12.0 Å². The Kier molecular flexibility index (Phi) is 4.48. The highest BCUT2D eigenvalue weighted by Crippen LogP contribution is 2.13. The van der Waals surface area contributed by atoms with Gasteiger partial charge in [-0.3, -0.25) is 4.79 Å². The number of benzene rings is 1. The van der Waals surface area contributed by atoms with Crippen LogP contribution in [0.15, 0.2) is 48.6 Å². The highest BCUT2D eigenvalue weighted by Gasteiger charge is 2.25. The van der Waals surface area contributed by atoms with Crippen LogP contribution in [0.3, 0.4) is 0 Å². The van der Waals surface area contributed by atoms with Gasteiger partial charge in [0, 0.05) is 24.9 Å². The van der Waals surface area contributed by atoms with Gasteiger partial charge in [-0.05, 0) is 5.56 Å². The van der Waals surface area contributed by atoms with Gasteiger partial charge in [-0.1, -0.05) is 61.6 Å². The van der Waals surface area contributed by atoms with Crippen LogP contribution in [-0.2, 0) is 4.79 Å². The summed E-state index contributed by atoms with van der Waals surface area (Å²) in [6.45, 7) is 2.78. The van der Waals surface area contributed by atoms with Crippen molar-refractivity contribution in [1.29, 1.82) is 0 Å². The monoisotopic (exact) mass is 241 g/mol. The van der Waals surface area contributed by atoms with Crippen LogP contribution in [0, 0.1) is 5.92 Å². The molecule has 0 saturated carbocycles. The van der Waals surface area contributed by atoms with Crippen LogP contribution >= 0.6 is 0 Å². The summed E-state index contributed by atoms with van der Waals surface area (Å²) in [6.07, 6.45) is 8.82. The number of piperidine rings is 1. The Bertz CT molecular complexity index is 447. The third-order valence-corrected chi connectivity index (χ3v) is 3.32. The van der Waals surface area contributed by atoms with E-state index in [1.165, 1.54) is 5.56 Å². The lowest BCUT2D eigenvalue weighted by Crippen LogP contribution is -2.43. The van der Waals surface area contributed by atoms with E-state index in [0.29, 0.717) is 12.2 Å². The predicted molar refractivity (Wildman–Crippen MR) is 75.2 cm³/mol. The van der Waals surface area contributed by atoms with Crippen molar-refractivity contribution in [3.63, 3.8) is 0 Å². The molecule has 1 N–H and O–H groups in total. The molecule has 0 unspecified atom stereocenters. The molecule has 2 nitrogen and oxygen atoms in total. The quantitative estimate of drug-likeness (QED) is 0.824. The first-order chi connectivity index (χ1) is 8.77. The molecule has 2 heteroatoms. The molecule has 1 aliphatic rings. The number of nitrogens with one attached hydrogen (secondary N) is 1. The average molecular weight is 241 g/mol. The molecule has 2 rings (SSSR count). The third-order valence-electron chi connectivity index (χ3n) is 3.32. The van der Waals surface area contributed by atoms with Crippen LogP contribution in [0.25, 0.3) is 6.08 Å². The average Bonchev–Trinajstić information content (AvgIpc) is 2.40. The van der Waals surface area contributed by atoms with E-state index in [1.54, 1.807) is 0 Å². The highest BCUT2D eigenvalue weighted by atomic mass is 16.1. The van der Waals surface area contributed by atoms with Gasteiger partial charge >= 0.3 is 0 Å². The smallest absolute Gasteiger partial charge is 0.138 e. The van der Waals surface area contributed by atoms with Gasteiger partial charge in [0.05, 0.1) is 0 Å². The molecule has 0 bridgehead atoms. The molecule has 0 radical (unpaired) electrons. The first-order valence-electron chi connectivity index (χ1n) is 6.43. The summed E-state index contributed by atoms with van der Waals surface area (Å²) in [5.74, 6) is 0.440. The Morgan fingerprint density at radius 1 is 1.22 bits per heavy atom. The van der Waals surface area contributed by atoms with Gasteiger partial charge in [0.15, 0.2) is 0 Å². The fourth-order valence-electron chi connectivity index (χ4n) is 2.12. The predicted octanol–water partition coefficient (Wildman–Crippen LogP) is 2.82. The standard InChI is InChI=1S/C16H19NO/c1-13-15(17-12-11-16(13)18)10-6-5-9-14-7-3-2-4-8-14/h2-10,13,15,17H,11-12H2,1H3/b9-5+,10-6+/t13-,15-/m1/s1. The number of rotatable bonds is 3. The van der Waals surface area contributed by atoms with Gasteiger partial charge in [0.1, 0.15) is 5.78 Å². The Morgan fingerprint density at radius 3 is 2.78 bits per heavy atom. The third kappa shape index (κ3) is 3.41. The van der Waals surface area contributed by atoms with Crippen LogP contribution in [0.5, 0.6) is 0 Å². The van der Waals surface area contributed by atoms with Crippen molar-refractivity contribution in [2.75, 3.05) is 6.54 Å². The van der Waals surface area contributed by atoms with Crippen molar-refractivity contribution in [2.24, 2.45) is 5.92 Å². The van der Waals surface area contributed by atoms with Gasteiger partial charge < -0.3 is 5.32 Å². The summed E-state index contributed by atoms with van der Waals surface area (Å²) < 4.78 is 0. The van der Waals surface area contributed by atoms with E-state index in [9.17, 15) is 4.79 Å². The SMILES string of the molecule is C[C@H]1C(=O)CCN[C@@H]1/C=C/C=C/c1ccccc1. The number of carbonyl (C=O) groups is 1. The fraction of sp³-hybridized carbons (Fsp3) is 0.312. The zero-order valence-electron chi connectivity index (χ0n) is 10.7. The maximum absolute atomic E-state index is 11.6. The molecule has 1 fully saturated rings. The maximum Gasteiger partial charge on any atom is 0.138 e. The minimum Gasteiger partial charge on any atom is -0.309 e. The zero-order chi connectivity index (χ0) is 12.8. The van der Waals surface area contributed by atoms with Crippen molar-refractivity contribution in [3.05, 3.63) is 54.1 Å². The summed E-state index contributed by atoms with van der Waals surface area (Å²) >= 11 is 0. The summed E-state index contributed by atoms with van der Waals surface area (Å²) in [6, 6.07) is 10.4. The van der Waals surface area contributed by atoms with Crippen molar-refractivity contribution in [1.82, 2.24) is 5.32 Å². The van der Waals surface area contributed by atoms with Crippen molar-refractivity contribution in [3.8, 4) is 0 Å². The fourth-order valence-corrected chi connectivity index (χ4v) is 2.12. The first-order valence-corrected chi connectivity index (χ1v) is 6.43. The minimum absolute atomic E-state index is 0.0834. The molecule has 18 heavy (non-hydrogen) atoms. The molecule has 1 aliphatic heterocycles. The van der Waals surface area contributed by atoms with Crippen LogP contribution in [0.2, 0.25) is 0 Å². The Labute approximate surface area is 108 Å². The second-order valence-electron chi connectivity index (χ2n) is 4.64. The second-order valence-corrected chi connectivity index (χ2v) is 4.64. The Morgan fingerprint density at radius 2 is 2.00 bits per heavy atom. The van der Waals surface area contributed by atoms with E-state index >= 15 is 0 Å². The number of ketones is 1. The zero-order valence-corrected chi connectivity index (χ0v) is 10.7. The molecule has 0 aliphatic carbocycles. The maximum atomic E-state index is 11.6. The number of hydrogen-bond acceptors (Lipinski definition) is 2. The molecule has 0 amide bonds. The molecule has 1 aromatic rings. The van der Waals surface area contributed by atoms with Gasteiger partial charge in [-0.15, -0.1) is 0 Å². The van der Waals surface area contributed by atoms with Crippen LogP contribution in [-0.4, -0.2) is 18.4 Å². The largest absolute Gasteiger partial charge is 0.309 e. The minimum atomic E-state index is 0.0834. The summed E-state index contributed by atoms with van der Waals surface area (Å²) in [4.78, 5) is 11.6. The first kappa shape index (κ1) is 12.8. The topological polar surface area (TPSA) is 29.1 Å². The lowest BCUT2D eigenvalue weighted by atomic mass is 9.91. The molecule has 94 valence electrons. The number of hydrogen-bond donors (Lipinski definition) is 1. The van der Waals surface area contributed by atoms with Crippen LogP contribution < -0.4 is 5.32 Å². The lowest BCUT2D eigenvalue weighted by molar-refractivity contribution is -0.124. The van der Waals surface area contributed by atoms with Crippen molar-refractivity contribution < 1.29 is 4.79 Å². The summed E-state index contributed by atoms with van der Waals surface area (Å²) in [7, 11) is 0. The van der Waals surface area contributed by atoms with Crippen LogP contribution in [0.4, 0.5) is 0 Å². The summed E-state index contributed by atoms with van der Waals surface area (Å²) in [5, 5.41) is 3.36. The number of Topliss-reactive ketones (excluding diaryl/α,β-unsaturated/α-hetero) is 1. The van der Waals surface area contributed by atoms with Gasteiger partial charge in [0.2, 0.25) is 0 Å². The highest BCUT2D eigenvalue weighted by molar-refractivity contribution is 5.82. The van der Waals surface area contributed by atoms with Crippen LogP contribution in [0.1, 0.15) is 18.9 Å². The number of carbonyl (C=O) groups excluding carboxylic acids is 1. The van der Waals surface area contributed by atoms with E-state index in [2.05, 4.69) is 29.6 Å². The van der Waals surface area contributed by atoms with Crippen molar-refractivity contribution in [2.45, 2.75) is 19.4 Å². The lowest BCUT2D eigenvalue weighted by Gasteiger charge is -2.26. The second kappa shape index (κ2) is 6.31. The van der Waals surface area contributed by atoms with E-state index in [1.807, 2.05) is 37.3 Å². The van der Waals surface area contributed by atoms with Gasteiger partial charge in [-0.25, -0.2) is 0 Å². The Hall–Kier alpha value is -1.67. The molecular weight excluding hydrogens is 222 g/mol. The van der Waals surface area contributed by atoms with E-state index < -0.39 is 0 Å². The molecule has 1 saturated heterocycles. The molecule has 1 heterocycles. The summed E-state index contributed by atoms with van der Waals surface area (Å²) in [5.41, 5.74) is 1.18. The number of allylic oxidation sites excluding steroid dienone is 2. The molecule has 0 spiro atoms.